The van der Waals surface area contributed by atoms with E-state index in [1.165, 1.54) is 22.8 Å². The van der Waals surface area contributed by atoms with E-state index in [1.54, 1.807) is 13.0 Å². The molecule has 0 bridgehead atoms. The van der Waals surface area contributed by atoms with Crippen molar-refractivity contribution in [2.45, 2.75) is 25.9 Å². The van der Waals surface area contributed by atoms with Gasteiger partial charge < -0.3 is 5.73 Å². The SMILES string of the molecule is Cc1c(CCCN)ccc(=O)n1-c1cccc(C(F)(F)F)c1. The van der Waals surface area contributed by atoms with Crippen molar-refractivity contribution >= 4 is 0 Å². The quantitative estimate of drug-likeness (QED) is 0.943. The van der Waals surface area contributed by atoms with Gasteiger partial charge in [-0.3, -0.25) is 9.36 Å². The molecule has 1 aromatic carbocycles. The standard InChI is InChI=1S/C16H17F3N2O/c1-11-12(4-3-9-20)7-8-15(22)21(11)14-6-2-5-13(10-14)16(17,18)19/h2,5-8,10H,3-4,9,20H2,1H3. The lowest BCUT2D eigenvalue weighted by molar-refractivity contribution is -0.137. The van der Waals surface area contributed by atoms with Crippen LogP contribution in [-0.4, -0.2) is 11.1 Å². The number of aryl methyl sites for hydroxylation is 1. The summed E-state index contributed by atoms with van der Waals surface area (Å²) in [7, 11) is 0. The van der Waals surface area contributed by atoms with Crippen molar-refractivity contribution in [1.29, 1.82) is 0 Å². The predicted molar refractivity (Wildman–Crippen MR) is 79.2 cm³/mol. The summed E-state index contributed by atoms with van der Waals surface area (Å²) in [5.41, 5.74) is 6.11. The van der Waals surface area contributed by atoms with Crippen LogP contribution in [0.15, 0.2) is 41.2 Å². The molecular formula is C16H17F3N2O. The van der Waals surface area contributed by atoms with Crippen molar-refractivity contribution in [1.82, 2.24) is 4.57 Å². The first-order valence-corrected chi connectivity index (χ1v) is 6.94. The van der Waals surface area contributed by atoms with Crippen LogP contribution >= 0.6 is 0 Å². The van der Waals surface area contributed by atoms with Crippen molar-refractivity contribution in [3.63, 3.8) is 0 Å². The van der Waals surface area contributed by atoms with Gasteiger partial charge in [-0.15, -0.1) is 0 Å². The van der Waals surface area contributed by atoms with Crippen LogP contribution in [0.2, 0.25) is 0 Å². The molecule has 2 N–H and O–H groups in total. The number of rotatable bonds is 4. The Hall–Kier alpha value is -2.08. The largest absolute Gasteiger partial charge is 0.416 e. The molecule has 0 aliphatic carbocycles. The van der Waals surface area contributed by atoms with Gasteiger partial charge in [0, 0.05) is 17.4 Å². The fourth-order valence-corrected chi connectivity index (χ4v) is 2.37. The Kier molecular flexibility index (Phi) is 4.71. The lowest BCUT2D eigenvalue weighted by Crippen LogP contribution is -2.21. The molecule has 0 fully saturated rings. The zero-order valence-electron chi connectivity index (χ0n) is 12.2. The van der Waals surface area contributed by atoms with Gasteiger partial charge in [0.2, 0.25) is 0 Å². The smallest absolute Gasteiger partial charge is 0.330 e. The molecule has 0 atom stereocenters. The summed E-state index contributed by atoms with van der Waals surface area (Å²) in [5.74, 6) is 0. The van der Waals surface area contributed by atoms with Crippen LogP contribution in [-0.2, 0) is 12.6 Å². The Morgan fingerprint density at radius 2 is 1.91 bits per heavy atom. The molecule has 22 heavy (non-hydrogen) atoms. The number of nitrogens with two attached hydrogens (primary N) is 1. The second-order valence-corrected chi connectivity index (χ2v) is 5.06. The average Bonchev–Trinajstić information content (AvgIpc) is 2.46. The molecule has 3 nitrogen and oxygen atoms in total. The summed E-state index contributed by atoms with van der Waals surface area (Å²) in [6, 6.07) is 7.85. The summed E-state index contributed by atoms with van der Waals surface area (Å²) in [5, 5.41) is 0. The fraction of sp³-hybridized carbons (Fsp3) is 0.312. The third-order valence-corrected chi connectivity index (χ3v) is 3.53. The van der Waals surface area contributed by atoms with Crippen LogP contribution in [0.4, 0.5) is 13.2 Å². The van der Waals surface area contributed by atoms with E-state index in [0.717, 1.165) is 24.1 Å². The molecule has 0 unspecified atom stereocenters. The van der Waals surface area contributed by atoms with Crippen molar-refractivity contribution in [3.8, 4) is 5.69 Å². The van der Waals surface area contributed by atoms with Crippen LogP contribution in [0, 0.1) is 6.92 Å². The van der Waals surface area contributed by atoms with Gasteiger partial charge in [-0.2, -0.15) is 13.2 Å². The molecule has 0 amide bonds. The van der Waals surface area contributed by atoms with Crippen LogP contribution in [0.5, 0.6) is 0 Å². The minimum atomic E-state index is -4.44. The Morgan fingerprint density at radius 3 is 2.55 bits per heavy atom. The van der Waals surface area contributed by atoms with E-state index >= 15 is 0 Å². The molecular weight excluding hydrogens is 293 g/mol. The maximum atomic E-state index is 12.8. The lowest BCUT2D eigenvalue weighted by atomic mass is 10.1. The molecule has 2 rings (SSSR count). The molecule has 0 radical (unpaired) electrons. The van der Waals surface area contributed by atoms with Crippen molar-refractivity contribution in [2.75, 3.05) is 6.54 Å². The normalized spacial score (nSPS) is 11.7. The number of hydrogen-bond acceptors (Lipinski definition) is 2. The van der Waals surface area contributed by atoms with Crippen molar-refractivity contribution < 1.29 is 13.2 Å². The third-order valence-electron chi connectivity index (χ3n) is 3.53. The highest BCUT2D eigenvalue weighted by Crippen LogP contribution is 2.30. The number of halogens is 3. The van der Waals surface area contributed by atoms with Crippen molar-refractivity contribution in [2.24, 2.45) is 5.73 Å². The Bertz CT molecular complexity index is 720. The molecule has 6 heteroatoms. The molecule has 1 aromatic heterocycles. The minimum absolute atomic E-state index is 0.215. The molecule has 0 saturated heterocycles. The molecule has 0 aliphatic heterocycles. The lowest BCUT2D eigenvalue weighted by Gasteiger charge is -2.15. The number of hydrogen-bond donors (Lipinski definition) is 1. The van der Waals surface area contributed by atoms with Crippen molar-refractivity contribution in [3.05, 3.63) is 63.6 Å². The zero-order valence-corrected chi connectivity index (χ0v) is 12.2. The van der Waals surface area contributed by atoms with Crippen LogP contribution in [0.1, 0.15) is 23.2 Å². The third kappa shape index (κ3) is 3.39. The first kappa shape index (κ1) is 16.3. The summed E-state index contributed by atoms with van der Waals surface area (Å²) in [6.07, 6.45) is -3.01. The second kappa shape index (κ2) is 6.36. The first-order chi connectivity index (χ1) is 10.3. The van der Waals surface area contributed by atoms with E-state index in [9.17, 15) is 18.0 Å². The second-order valence-electron chi connectivity index (χ2n) is 5.06. The van der Waals surface area contributed by atoms with E-state index in [-0.39, 0.29) is 11.2 Å². The maximum absolute atomic E-state index is 12.8. The highest BCUT2D eigenvalue weighted by molar-refractivity contribution is 5.40. The molecule has 0 saturated carbocycles. The molecule has 0 aliphatic rings. The predicted octanol–water partition coefficient (Wildman–Crippen LogP) is 3.06. The van der Waals surface area contributed by atoms with Crippen LogP contribution in [0.25, 0.3) is 5.69 Å². The number of pyridine rings is 1. The number of nitrogens with zero attached hydrogens (tertiary/aromatic N) is 1. The van der Waals surface area contributed by atoms with E-state index in [1.807, 2.05) is 0 Å². The topological polar surface area (TPSA) is 48.0 Å². The number of benzene rings is 1. The van der Waals surface area contributed by atoms with Gasteiger partial charge in [0.15, 0.2) is 0 Å². The van der Waals surface area contributed by atoms with Gasteiger partial charge >= 0.3 is 6.18 Å². The number of aromatic nitrogens is 1. The zero-order chi connectivity index (χ0) is 16.3. The molecule has 2 aromatic rings. The monoisotopic (exact) mass is 310 g/mol. The maximum Gasteiger partial charge on any atom is 0.416 e. The van der Waals surface area contributed by atoms with Crippen LogP contribution < -0.4 is 11.3 Å². The summed E-state index contributed by atoms with van der Waals surface area (Å²) < 4.78 is 39.8. The van der Waals surface area contributed by atoms with Gasteiger partial charge in [-0.05, 0) is 50.1 Å². The Balaban J connectivity index is 2.55. The van der Waals surface area contributed by atoms with Gasteiger partial charge in [-0.1, -0.05) is 12.1 Å². The van der Waals surface area contributed by atoms with E-state index in [4.69, 9.17) is 5.73 Å². The van der Waals surface area contributed by atoms with Gasteiger partial charge in [0.25, 0.3) is 5.56 Å². The highest BCUT2D eigenvalue weighted by atomic mass is 19.4. The van der Waals surface area contributed by atoms with Gasteiger partial charge in [0.05, 0.1) is 5.56 Å². The van der Waals surface area contributed by atoms with Gasteiger partial charge in [-0.25, -0.2) is 0 Å². The highest BCUT2D eigenvalue weighted by Gasteiger charge is 2.30. The summed E-state index contributed by atoms with van der Waals surface area (Å²) >= 11 is 0. The average molecular weight is 310 g/mol. The molecule has 1 heterocycles. The molecule has 118 valence electrons. The van der Waals surface area contributed by atoms with Crippen LogP contribution in [0.3, 0.4) is 0 Å². The Morgan fingerprint density at radius 1 is 1.18 bits per heavy atom. The number of alkyl halides is 3. The van der Waals surface area contributed by atoms with E-state index in [2.05, 4.69) is 0 Å². The van der Waals surface area contributed by atoms with E-state index < -0.39 is 11.7 Å². The summed E-state index contributed by atoms with van der Waals surface area (Å²) in [4.78, 5) is 12.1. The van der Waals surface area contributed by atoms with Gasteiger partial charge in [0.1, 0.15) is 0 Å². The van der Waals surface area contributed by atoms with E-state index in [0.29, 0.717) is 18.7 Å². The first-order valence-electron chi connectivity index (χ1n) is 6.94. The fourth-order valence-electron chi connectivity index (χ4n) is 2.37. The Labute approximate surface area is 126 Å². The summed E-state index contributed by atoms with van der Waals surface area (Å²) in [6.45, 7) is 2.25. The molecule has 0 spiro atoms. The minimum Gasteiger partial charge on any atom is -0.330 e.